The molecule has 28 heavy (non-hydrogen) atoms. The third-order valence-electron chi connectivity index (χ3n) is 5.44. The summed E-state index contributed by atoms with van der Waals surface area (Å²) in [4.78, 5) is 0. The zero-order chi connectivity index (χ0) is 20.0. The lowest BCUT2D eigenvalue weighted by Crippen LogP contribution is -2.32. The minimum absolute atomic E-state index is 0.197. The van der Waals surface area contributed by atoms with Crippen LogP contribution in [0.1, 0.15) is 83.6 Å². The standard InChI is InChI=1S/C24H39FO3/c1-3-5-7-8-10-16-26-22-14-12-21(23(25)17-22)13-15-24-27-18-20(19-28-24)11-9-6-4-2/h12,14,17,20,24H,3-11,13,15-16,18-19H2,1-2H3. The Kier molecular flexibility index (Phi) is 11.5. The third-order valence-corrected chi connectivity index (χ3v) is 5.44. The number of halogens is 1. The van der Waals surface area contributed by atoms with Crippen molar-refractivity contribution in [2.24, 2.45) is 5.92 Å². The summed E-state index contributed by atoms with van der Waals surface area (Å²) >= 11 is 0. The topological polar surface area (TPSA) is 27.7 Å². The number of aryl methyl sites for hydroxylation is 1. The zero-order valence-electron chi connectivity index (χ0n) is 17.9. The van der Waals surface area contributed by atoms with E-state index in [-0.39, 0.29) is 12.1 Å². The van der Waals surface area contributed by atoms with E-state index in [0.29, 0.717) is 36.7 Å². The first-order valence-corrected chi connectivity index (χ1v) is 11.4. The highest BCUT2D eigenvalue weighted by Gasteiger charge is 2.22. The molecule has 0 atom stereocenters. The summed E-state index contributed by atoms with van der Waals surface area (Å²) in [6, 6.07) is 5.21. The third kappa shape index (κ3) is 8.91. The molecule has 1 fully saturated rings. The van der Waals surface area contributed by atoms with Crippen LogP contribution < -0.4 is 4.74 Å². The molecule has 2 rings (SSSR count). The molecule has 0 N–H and O–H groups in total. The second-order valence-corrected chi connectivity index (χ2v) is 8.01. The lowest BCUT2D eigenvalue weighted by molar-refractivity contribution is -0.203. The number of ether oxygens (including phenoxy) is 3. The molecular weight excluding hydrogens is 355 g/mol. The lowest BCUT2D eigenvalue weighted by Gasteiger charge is -2.29. The molecule has 0 aliphatic carbocycles. The van der Waals surface area contributed by atoms with Crippen LogP contribution in [0.5, 0.6) is 5.75 Å². The van der Waals surface area contributed by atoms with Crippen molar-refractivity contribution >= 4 is 0 Å². The zero-order valence-corrected chi connectivity index (χ0v) is 17.9. The molecule has 160 valence electrons. The molecule has 0 amide bonds. The van der Waals surface area contributed by atoms with Crippen molar-refractivity contribution in [3.63, 3.8) is 0 Å². The summed E-state index contributed by atoms with van der Waals surface area (Å²) in [5.74, 6) is 0.937. The number of hydrogen-bond acceptors (Lipinski definition) is 3. The first-order chi connectivity index (χ1) is 13.7. The van der Waals surface area contributed by atoms with Crippen LogP contribution in [0.3, 0.4) is 0 Å². The molecular formula is C24H39FO3. The van der Waals surface area contributed by atoms with Gasteiger partial charge in [-0.3, -0.25) is 0 Å². The number of unbranched alkanes of at least 4 members (excludes halogenated alkanes) is 6. The van der Waals surface area contributed by atoms with Gasteiger partial charge in [-0.15, -0.1) is 0 Å². The van der Waals surface area contributed by atoms with E-state index in [1.54, 1.807) is 0 Å². The molecule has 1 heterocycles. The van der Waals surface area contributed by atoms with Gasteiger partial charge >= 0.3 is 0 Å². The van der Waals surface area contributed by atoms with E-state index in [2.05, 4.69) is 13.8 Å². The summed E-state index contributed by atoms with van der Waals surface area (Å²) in [5.41, 5.74) is 0.701. The SMILES string of the molecule is CCCCCCCOc1ccc(CCC2OCC(CCCCC)CO2)c(F)c1. The van der Waals surface area contributed by atoms with Crippen molar-refractivity contribution in [3.05, 3.63) is 29.6 Å². The average Bonchev–Trinajstić information content (AvgIpc) is 2.71. The van der Waals surface area contributed by atoms with Gasteiger partial charge in [0, 0.05) is 18.4 Å². The molecule has 0 unspecified atom stereocenters. The van der Waals surface area contributed by atoms with Gasteiger partial charge in [0.1, 0.15) is 11.6 Å². The summed E-state index contributed by atoms with van der Waals surface area (Å²) in [7, 11) is 0. The molecule has 1 aliphatic rings. The van der Waals surface area contributed by atoms with E-state index >= 15 is 0 Å². The molecule has 0 saturated carbocycles. The van der Waals surface area contributed by atoms with E-state index in [0.717, 1.165) is 19.6 Å². The molecule has 0 aromatic heterocycles. The molecule has 1 aromatic carbocycles. The first kappa shape index (κ1) is 23.2. The minimum atomic E-state index is -0.208. The average molecular weight is 395 g/mol. The predicted octanol–water partition coefficient (Wildman–Crippen LogP) is 6.68. The van der Waals surface area contributed by atoms with E-state index in [1.807, 2.05) is 12.1 Å². The molecule has 3 nitrogen and oxygen atoms in total. The number of rotatable bonds is 14. The largest absolute Gasteiger partial charge is 0.493 e. The molecule has 1 aromatic rings. The predicted molar refractivity (Wildman–Crippen MR) is 112 cm³/mol. The fourth-order valence-electron chi connectivity index (χ4n) is 3.59. The maximum Gasteiger partial charge on any atom is 0.157 e. The molecule has 1 saturated heterocycles. The molecule has 0 bridgehead atoms. The van der Waals surface area contributed by atoms with Crippen molar-refractivity contribution in [1.29, 1.82) is 0 Å². The van der Waals surface area contributed by atoms with Gasteiger partial charge in [-0.25, -0.2) is 4.39 Å². The van der Waals surface area contributed by atoms with Crippen molar-refractivity contribution in [3.8, 4) is 5.75 Å². The van der Waals surface area contributed by atoms with Crippen LogP contribution in [0.25, 0.3) is 0 Å². The lowest BCUT2D eigenvalue weighted by atomic mass is 10.0. The van der Waals surface area contributed by atoms with Crippen LogP contribution in [0, 0.1) is 11.7 Å². The van der Waals surface area contributed by atoms with E-state index in [1.165, 1.54) is 57.4 Å². The van der Waals surface area contributed by atoms with E-state index in [9.17, 15) is 4.39 Å². The minimum Gasteiger partial charge on any atom is -0.493 e. The summed E-state index contributed by atoms with van der Waals surface area (Å²) < 4.78 is 31.7. The van der Waals surface area contributed by atoms with Crippen LogP contribution in [-0.4, -0.2) is 26.1 Å². The van der Waals surface area contributed by atoms with E-state index < -0.39 is 0 Å². The van der Waals surface area contributed by atoms with Gasteiger partial charge < -0.3 is 14.2 Å². The van der Waals surface area contributed by atoms with Gasteiger partial charge in [0.2, 0.25) is 0 Å². The van der Waals surface area contributed by atoms with E-state index in [4.69, 9.17) is 14.2 Å². The van der Waals surface area contributed by atoms with Crippen LogP contribution in [0.15, 0.2) is 18.2 Å². The summed E-state index contributed by atoms with van der Waals surface area (Å²) in [6.07, 6.45) is 12.0. The Bertz CT molecular complexity index is 527. The van der Waals surface area contributed by atoms with Crippen LogP contribution >= 0.6 is 0 Å². The highest BCUT2D eigenvalue weighted by atomic mass is 19.1. The molecule has 1 aliphatic heterocycles. The fraction of sp³-hybridized carbons (Fsp3) is 0.750. The van der Waals surface area contributed by atoms with Gasteiger partial charge in [-0.05, 0) is 30.9 Å². The highest BCUT2D eigenvalue weighted by Crippen LogP contribution is 2.23. The number of benzene rings is 1. The maximum atomic E-state index is 14.4. The van der Waals surface area contributed by atoms with Gasteiger partial charge in [-0.2, -0.15) is 0 Å². The monoisotopic (exact) mass is 394 g/mol. The number of hydrogen-bond donors (Lipinski definition) is 0. The second kappa shape index (κ2) is 13.9. The Balaban J connectivity index is 1.64. The Morgan fingerprint density at radius 1 is 0.929 bits per heavy atom. The van der Waals surface area contributed by atoms with Crippen molar-refractivity contribution in [1.82, 2.24) is 0 Å². The Morgan fingerprint density at radius 3 is 2.36 bits per heavy atom. The normalized spacial score (nSPS) is 19.7. The quantitative estimate of drug-likeness (QED) is 0.330. The highest BCUT2D eigenvalue weighted by molar-refractivity contribution is 5.29. The Morgan fingerprint density at radius 2 is 1.64 bits per heavy atom. The molecule has 0 radical (unpaired) electrons. The van der Waals surface area contributed by atoms with Gasteiger partial charge in [0.25, 0.3) is 0 Å². The van der Waals surface area contributed by atoms with Crippen molar-refractivity contribution in [2.75, 3.05) is 19.8 Å². The summed E-state index contributed by atoms with van der Waals surface area (Å²) in [6.45, 7) is 6.62. The fourth-order valence-corrected chi connectivity index (χ4v) is 3.59. The molecule has 0 spiro atoms. The van der Waals surface area contributed by atoms with Crippen molar-refractivity contribution in [2.45, 2.75) is 90.8 Å². The van der Waals surface area contributed by atoms with Crippen LogP contribution in [0.4, 0.5) is 4.39 Å². The Labute approximate surface area is 171 Å². The first-order valence-electron chi connectivity index (χ1n) is 11.4. The van der Waals surface area contributed by atoms with Gasteiger partial charge in [0.15, 0.2) is 6.29 Å². The smallest absolute Gasteiger partial charge is 0.157 e. The van der Waals surface area contributed by atoms with Gasteiger partial charge in [-0.1, -0.05) is 64.9 Å². The van der Waals surface area contributed by atoms with Crippen LogP contribution in [-0.2, 0) is 15.9 Å². The molecule has 4 heteroatoms. The van der Waals surface area contributed by atoms with Gasteiger partial charge in [0.05, 0.1) is 19.8 Å². The van der Waals surface area contributed by atoms with Crippen molar-refractivity contribution < 1.29 is 18.6 Å². The Hall–Kier alpha value is -1.13. The second-order valence-electron chi connectivity index (χ2n) is 8.01. The van der Waals surface area contributed by atoms with Crippen LogP contribution in [0.2, 0.25) is 0 Å². The summed E-state index contributed by atoms with van der Waals surface area (Å²) in [5, 5.41) is 0. The maximum absolute atomic E-state index is 14.4.